The van der Waals surface area contributed by atoms with Crippen molar-refractivity contribution in [3.63, 3.8) is 0 Å². The third-order valence-corrected chi connectivity index (χ3v) is 5.13. The Kier molecular flexibility index (Phi) is 4.89. The average Bonchev–Trinajstić information content (AvgIpc) is 2.97. The molecule has 0 aromatic heterocycles. The molecule has 8 nitrogen and oxygen atoms in total. The van der Waals surface area contributed by atoms with Gasteiger partial charge >= 0.3 is 0 Å². The van der Waals surface area contributed by atoms with Crippen LogP contribution in [0.1, 0.15) is 20.7 Å². The lowest BCUT2D eigenvalue weighted by atomic mass is 10.00. The van der Waals surface area contributed by atoms with Crippen LogP contribution in [0.2, 0.25) is 0 Å². The number of non-ortho nitro benzene ring substituents is 1. The molecule has 0 bridgehead atoms. The van der Waals surface area contributed by atoms with Gasteiger partial charge in [0.1, 0.15) is 0 Å². The monoisotopic (exact) mass is 381 g/mol. The number of benzene rings is 2. The molecular formula is C20H19N3O5. The molecule has 0 atom stereocenters. The van der Waals surface area contributed by atoms with Gasteiger partial charge in [-0.05, 0) is 35.4 Å². The van der Waals surface area contributed by atoms with Crippen molar-refractivity contribution in [3.8, 4) is 11.1 Å². The predicted molar refractivity (Wildman–Crippen MR) is 101 cm³/mol. The molecule has 2 aromatic carbocycles. The van der Waals surface area contributed by atoms with E-state index in [2.05, 4.69) is 4.90 Å². The SMILES string of the molecule is O=C1c2ccc(-c3ccc([N+](=O)[O-])cc3)cc2C(=O)N1CCN1CCOCC1. The van der Waals surface area contributed by atoms with E-state index in [0.29, 0.717) is 37.4 Å². The Labute approximate surface area is 161 Å². The number of nitro groups is 1. The number of nitrogens with zero attached hydrogens (tertiary/aromatic N) is 3. The smallest absolute Gasteiger partial charge is 0.269 e. The van der Waals surface area contributed by atoms with Crippen molar-refractivity contribution in [2.45, 2.75) is 0 Å². The van der Waals surface area contributed by atoms with Crippen molar-refractivity contribution in [2.24, 2.45) is 0 Å². The molecule has 144 valence electrons. The normalized spacial score (nSPS) is 17.1. The Hall–Kier alpha value is -3.10. The van der Waals surface area contributed by atoms with Gasteiger partial charge in [0.15, 0.2) is 0 Å². The minimum Gasteiger partial charge on any atom is -0.379 e. The quantitative estimate of drug-likeness (QED) is 0.448. The van der Waals surface area contributed by atoms with Crippen molar-refractivity contribution >= 4 is 17.5 Å². The van der Waals surface area contributed by atoms with Gasteiger partial charge in [-0.2, -0.15) is 0 Å². The zero-order chi connectivity index (χ0) is 19.7. The number of hydrogen-bond acceptors (Lipinski definition) is 6. The van der Waals surface area contributed by atoms with Gasteiger partial charge in [0, 0.05) is 38.3 Å². The van der Waals surface area contributed by atoms with Crippen LogP contribution in [0.3, 0.4) is 0 Å². The molecule has 0 spiro atoms. The summed E-state index contributed by atoms with van der Waals surface area (Å²) in [5.41, 5.74) is 2.27. The molecule has 2 amide bonds. The summed E-state index contributed by atoms with van der Waals surface area (Å²) in [6.45, 7) is 3.91. The number of rotatable bonds is 5. The number of hydrogen-bond donors (Lipinski definition) is 0. The maximum Gasteiger partial charge on any atom is 0.269 e. The first-order valence-electron chi connectivity index (χ1n) is 9.10. The van der Waals surface area contributed by atoms with Crippen LogP contribution in [0.4, 0.5) is 5.69 Å². The third-order valence-electron chi connectivity index (χ3n) is 5.13. The highest BCUT2D eigenvalue weighted by molar-refractivity contribution is 6.21. The molecule has 1 saturated heterocycles. The molecule has 2 heterocycles. The second-order valence-electron chi connectivity index (χ2n) is 6.78. The highest BCUT2D eigenvalue weighted by atomic mass is 16.6. The van der Waals surface area contributed by atoms with Gasteiger partial charge in [0.05, 0.1) is 29.3 Å². The molecule has 4 rings (SSSR count). The molecule has 8 heteroatoms. The largest absolute Gasteiger partial charge is 0.379 e. The first-order chi connectivity index (χ1) is 13.5. The van der Waals surface area contributed by atoms with Crippen LogP contribution in [0.15, 0.2) is 42.5 Å². The van der Waals surface area contributed by atoms with E-state index in [4.69, 9.17) is 4.74 Å². The van der Waals surface area contributed by atoms with E-state index >= 15 is 0 Å². The Balaban J connectivity index is 1.52. The summed E-state index contributed by atoms with van der Waals surface area (Å²) in [6.07, 6.45) is 0. The maximum absolute atomic E-state index is 12.8. The molecule has 0 unspecified atom stereocenters. The van der Waals surface area contributed by atoms with Crippen LogP contribution in [-0.4, -0.2) is 65.9 Å². The predicted octanol–water partition coefficient (Wildman–Crippen LogP) is 2.19. The van der Waals surface area contributed by atoms with Gasteiger partial charge in [-0.1, -0.05) is 6.07 Å². The molecule has 0 aliphatic carbocycles. The van der Waals surface area contributed by atoms with Gasteiger partial charge in [0.25, 0.3) is 17.5 Å². The van der Waals surface area contributed by atoms with Gasteiger partial charge in [0.2, 0.25) is 0 Å². The molecule has 0 N–H and O–H groups in total. The fraction of sp³-hybridized carbons (Fsp3) is 0.300. The average molecular weight is 381 g/mol. The van der Waals surface area contributed by atoms with E-state index in [0.717, 1.165) is 24.2 Å². The number of carbonyl (C=O) groups is 2. The van der Waals surface area contributed by atoms with Crippen molar-refractivity contribution in [2.75, 3.05) is 39.4 Å². The fourth-order valence-electron chi connectivity index (χ4n) is 3.52. The lowest BCUT2D eigenvalue weighted by molar-refractivity contribution is -0.384. The molecule has 2 aliphatic rings. The van der Waals surface area contributed by atoms with E-state index in [9.17, 15) is 19.7 Å². The Bertz CT molecular complexity index is 935. The van der Waals surface area contributed by atoms with Crippen LogP contribution < -0.4 is 0 Å². The van der Waals surface area contributed by atoms with Crippen LogP contribution in [0.25, 0.3) is 11.1 Å². The topological polar surface area (TPSA) is 93.0 Å². The number of imide groups is 1. The maximum atomic E-state index is 12.8. The molecule has 2 aliphatic heterocycles. The van der Waals surface area contributed by atoms with Crippen molar-refractivity contribution in [3.05, 3.63) is 63.7 Å². The van der Waals surface area contributed by atoms with Crippen LogP contribution in [-0.2, 0) is 4.74 Å². The minimum atomic E-state index is -0.457. The zero-order valence-corrected chi connectivity index (χ0v) is 15.2. The second kappa shape index (κ2) is 7.49. The number of morpholine rings is 1. The van der Waals surface area contributed by atoms with Crippen LogP contribution >= 0.6 is 0 Å². The first-order valence-corrected chi connectivity index (χ1v) is 9.10. The van der Waals surface area contributed by atoms with E-state index < -0.39 is 4.92 Å². The highest BCUT2D eigenvalue weighted by Gasteiger charge is 2.35. The summed E-state index contributed by atoms with van der Waals surface area (Å²) in [5.74, 6) is -0.569. The molecule has 0 radical (unpaired) electrons. The molecule has 2 aromatic rings. The van der Waals surface area contributed by atoms with Crippen LogP contribution in [0, 0.1) is 10.1 Å². The lowest BCUT2D eigenvalue weighted by Gasteiger charge is -2.27. The summed E-state index contributed by atoms with van der Waals surface area (Å²) >= 11 is 0. The highest BCUT2D eigenvalue weighted by Crippen LogP contribution is 2.29. The number of nitro benzene ring substituents is 1. The lowest BCUT2D eigenvalue weighted by Crippen LogP contribution is -2.42. The molecular weight excluding hydrogens is 362 g/mol. The Morgan fingerprint density at radius 1 is 0.893 bits per heavy atom. The minimum absolute atomic E-state index is 0.00505. The van der Waals surface area contributed by atoms with Gasteiger partial charge < -0.3 is 4.74 Å². The summed E-state index contributed by atoms with van der Waals surface area (Å²) in [4.78, 5) is 39.2. The van der Waals surface area contributed by atoms with E-state index in [-0.39, 0.29) is 17.5 Å². The first kappa shape index (κ1) is 18.3. The number of amides is 2. The van der Waals surface area contributed by atoms with E-state index in [1.165, 1.54) is 17.0 Å². The van der Waals surface area contributed by atoms with Crippen molar-refractivity contribution in [1.82, 2.24) is 9.80 Å². The van der Waals surface area contributed by atoms with Gasteiger partial charge in [-0.3, -0.25) is 29.5 Å². The number of carbonyl (C=O) groups excluding carboxylic acids is 2. The van der Waals surface area contributed by atoms with E-state index in [1.54, 1.807) is 30.3 Å². The van der Waals surface area contributed by atoms with Crippen LogP contribution in [0.5, 0.6) is 0 Å². The third kappa shape index (κ3) is 3.39. The number of ether oxygens (including phenoxy) is 1. The van der Waals surface area contributed by atoms with Crippen molar-refractivity contribution < 1.29 is 19.2 Å². The number of fused-ring (bicyclic) bond motifs is 1. The summed E-state index contributed by atoms with van der Waals surface area (Å²) in [7, 11) is 0. The summed E-state index contributed by atoms with van der Waals surface area (Å²) < 4.78 is 5.31. The second-order valence-corrected chi connectivity index (χ2v) is 6.78. The van der Waals surface area contributed by atoms with Gasteiger partial charge in [-0.15, -0.1) is 0 Å². The Morgan fingerprint density at radius 3 is 2.21 bits per heavy atom. The zero-order valence-electron chi connectivity index (χ0n) is 15.2. The fourth-order valence-corrected chi connectivity index (χ4v) is 3.52. The van der Waals surface area contributed by atoms with Crippen molar-refractivity contribution in [1.29, 1.82) is 0 Å². The summed E-state index contributed by atoms with van der Waals surface area (Å²) in [6, 6.07) is 11.2. The molecule has 0 saturated carbocycles. The summed E-state index contributed by atoms with van der Waals surface area (Å²) in [5, 5.41) is 10.8. The molecule has 1 fully saturated rings. The van der Waals surface area contributed by atoms with Gasteiger partial charge in [-0.25, -0.2) is 0 Å². The Morgan fingerprint density at radius 2 is 1.54 bits per heavy atom. The van der Waals surface area contributed by atoms with E-state index in [1.807, 2.05) is 0 Å². The standard InChI is InChI=1S/C20H19N3O5/c24-19-17-6-3-15(14-1-4-16(5-2-14)23(26)27)13-18(17)20(25)22(19)8-7-21-9-11-28-12-10-21/h1-6,13H,7-12H2. The molecule has 28 heavy (non-hydrogen) atoms.